The van der Waals surface area contributed by atoms with Gasteiger partial charge in [-0.15, -0.1) is 0 Å². The standard InChI is InChI=1S/C20H28N2O4/c1-13-15(19(25)21-17(13)23)11-9-7-5-3-4-6-8-10-12-16-14(2)18(24)22-20(16)26/h3-12H2,1-2H3,(H,21,23,25)(H,22,24,26). The average molecular weight is 360 g/mol. The smallest absolute Gasteiger partial charge is 0.254 e. The summed E-state index contributed by atoms with van der Waals surface area (Å²) in [4.78, 5) is 45.9. The molecule has 0 aromatic rings. The SMILES string of the molecule is CC1=C(CCCCCCCCCCC2=C(C)C(=O)NC2=O)C(=O)NC1=O. The fraction of sp³-hybridized carbons (Fsp3) is 0.600. The molecule has 0 radical (unpaired) electrons. The molecule has 0 spiro atoms. The third-order valence-corrected chi connectivity index (χ3v) is 5.19. The van der Waals surface area contributed by atoms with Crippen LogP contribution in [0.2, 0.25) is 0 Å². The van der Waals surface area contributed by atoms with Crippen LogP contribution in [0.5, 0.6) is 0 Å². The lowest BCUT2D eigenvalue weighted by Gasteiger charge is -2.04. The molecule has 142 valence electrons. The molecule has 2 N–H and O–H groups in total. The first kappa shape index (κ1) is 20.1. The Morgan fingerprint density at radius 1 is 0.500 bits per heavy atom. The Labute approximate surface area is 154 Å². The zero-order valence-electron chi connectivity index (χ0n) is 15.7. The molecule has 2 rings (SSSR count). The molecule has 0 aromatic heterocycles. The van der Waals surface area contributed by atoms with Crippen molar-refractivity contribution in [1.82, 2.24) is 10.6 Å². The number of rotatable bonds is 11. The molecule has 0 aliphatic carbocycles. The molecule has 0 unspecified atom stereocenters. The number of carbonyl (C=O) groups excluding carboxylic acids is 4. The van der Waals surface area contributed by atoms with Crippen molar-refractivity contribution in [3.63, 3.8) is 0 Å². The number of imide groups is 2. The Morgan fingerprint density at radius 3 is 1.08 bits per heavy atom. The molecule has 6 heteroatoms. The van der Waals surface area contributed by atoms with Gasteiger partial charge in [0.15, 0.2) is 0 Å². The lowest BCUT2D eigenvalue weighted by molar-refractivity contribution is -0.125. The van der Waals surface area contributed by atoms with Crippen molar-refractivity contribution >= 4 is 23.6 Å². The van der Waals surface area contributed by atoms with Crippen LogP contribution in [-0.4, -0.2) is 23.6 Å². The predicted octanol–water partition coefficient (Wildman–Crippen LogP) is 2.83. The van der Waals surface area contributed by atoms with Gasteiger partial charge in [-0.3, -0.25) is 29.8 Å². The number of hydrogen-bond donors (Lipinski definition) is 2. The summed E-state index contributed by atoms with van der Waals surface area (Å²) in [5.41, 5.74) is 2.43. The highest BCUT2D eigenvalue weighted by atomic mass is 16.2. The van der Waals surface area contributed by atoms with E-state index in [-0.39, 0.29) is 23.6 Å². The van der Waals surface area contributed by atoms with Gasteiger partial charge in [-0.2, -0.15) is 0 Å². The highest BCUT2D eigenvalue weighted by molar-refractivity contribution is 6.19. The van der Waals surface area contributed by atoms with Gasteiger partial charge in [0.25, 0.3) is 23.6 Å². The highest BCUT2D eigenvalue weighted by Gasteiger charge is 2.26. The Kier molecular flexibility index (Phi) is 7.30. The molecule has 0 saturated heterocycles. The van der Waals surface area contributed by atoms with Crippen LogP contribution in [0.1, 0.15) is 78.1 Å². The van der Waals surface area contributed by atoms with E-state index in [9.17, 15) is 19.2 Å². The Hall–Kier alpha value is -2.24. The van der Waals surface area contributed by atoms with E-state index in [2.05, 4.69) is 10.6 Å². The summed E-state index contributed by atoms with van der Waals surface area (Å²) in [5, 5.41) is 4.65. The molecule has 0 saturated carbocycles. The molecule has 0 aromatic carbocycles. The number of unbranched alkanes of at least 4 members (excludes halogenated alkanes) is 7. The van der Waals surface area contributed by atoms with Gasteiger partial charge < -0.3 is 0 Å². The van der Waals surface area contributed by atoms with Gasteiger partial charge in [-0.05, 0) is 39.5 Å². The van der Waals surface area contributed by atoms with E-state index in [4.69, 9.17) is 0 Å². The van der Waals surface area contributed by atoms with Crippen LogP contribution in [-0.2, 0) is 19.2 Å². The molecule has 6 nitrogen and oxygen atoms in total. The van der Waals surface area contributed by atoms with E-state index in [1.807, 2.05) is 0 Å². The Balaban J connectivity index is 1.48. The van der Waals surface area contributed by atoms with Gasteiger partial charge in [-0.25, -0.2) is 0 Å². The van der Waals surface area contributed by atoms with Crippen LogP contribution in [0, 0.1) is 0 Å². The maximum Gasteiger partial charge on any atom is 0.254 e. The van der Waals surface area contributed by atoms with E-state index in [0.29, 0.717) is 35.1 Å². The monoisotopic (exact) mass is 360 g/mol. The summed E-state index contributed by atoms with van der Waals surface area (Å²) >= 11 is 0. The van der Waals surface area contributed by atoms with E-state index < -0.39 is 0 Å². The number of hydrogen-bond acceptors (Lipinski definition) is 4. The first-order chi connectivity index (χ1) is 12.4. The molecule has 0 bridgehead atoms. The summed E-state index contributed by atoms with van der Waals surface area (Å²) in [6.45, 7) is 3.41. The second-order valence-corrected chi connectivity index (χ2v) is 7.10. The fourth-order valence-electron chi connectivity index (χ4n) is 3.43. The Morgan fingerprint density at radius 2 is 0.808 bits per heavy atom. The van der Waals surface area contributed by atoms with Crippen LogP contribution in [0.3, 0.4) is 0 Å². The van der Waals surface area contributed by atoms with Crippen LogP contribution >= 0.6 is 0 Å². The summed E-state index contributed by atoms with van der Waals surface area (Å²) in [6, 6.07) is 0. The van der Waals surface area contributed by atoms with Crippen LogP contribution in [0.4, 0.5) is 0 Å². The lowest BCUT2D eigenvalue weighted by Crippen LogP contribution is -2.22. The molecule has 2 heterocycles. The third-order valence-electron chi connectivity index (χ3n) is 5.19. The van der Waals surface area contributed by atoms with E-state index >= 15 is 0 Å². The van der Waals surface area contributed by atoms with Gasteiger partial charge in [-0.1, -0.05) is 38.5 Å². The van der Waals surface area contributed by atoms with Crippen LogP contribution in [0.15, 0.2) is 22.3 Å². The molecule has 2 aliphatic rings. The van der Waals surface area contributed by atoms with E-state index in [1.54, 1.807) is 13.8 Å². The minimum absolute atomic E-state index is 0.226. The molecule has 2 aliphatic heterocycles. The lowest BCUT2D eigenvalue weighted by atomic mass is 10.0. The first-order valence-corrected chi connectivity index (χ1v) is 9.52. The minimum atomic E-state index is -0.254. The zero-order chi connectivity index (χ0) is 19.1. The van der Waals surface area contributed by atoms with Gasteiger partial charge >= 0.3 is 0 Å². The molecular formula is C20H28N2O4. The number of nitrogens with one attached hydrogen (secondary N) is 2. The average Bonchev–Trinajstić information content (AvgIpc) is 2.98. The zero-order valence-corrected chi connectivity index (χ0v) is 15.7. The topological polar surface area (TPSA) is 92.3 Å². The summed E-state index contributed by atoms with van der Waals surface area (Å²) < 4.78 is 0. The largest absolute Gasteiger partial charge is 0.289 e. The van der Waals surface area contributed by atoms with Gasteiger partial charge in [0, 0.05) is 22.3 Å². The van der Waals surface area contributed by atoms with Gasteiger partial charge in [0.1, 0.15) is 0 Å². The number of carbonyl (C=O) groups is 4. The molecule has 26 heavy (non-hydrogen) atoms. The molecular weight excluding hydrogens is 332 g/mol. The van der Waals surface area contributed by atoms with Crippen LogP contribution in [0.25, 0.3) is 0 Å². The summed E-state index contributed by atoms with van der Waals surface area (Å²) in [7, 11) is 0. The van der Waals surface area contributed by atoms with Crippen molar-refractivity contribution in [2.75, 3.05) is 0 Å². The van der Waals surface area contributed by atoms with Crippen molar-refractivity contribution in [3.05, 3.63) is 22.3 Å². The summed E-state index contributed by atoms with van der Waals surface area (Å²) in [6.07, 6.45) is 9.92. The summed E-state index contributed by atoms with van der Waals surface area (Å²) in [5.74, 6) is -0.961. The highest BCUT2D eigenvalue weighted by Crippen LogP contribution is 2.21. The van der Waals surface area contributed by atoms with Crippen molar-refractivity contribution in [1.29, 1.82) is 0 Å². The third kappa shape index (κ3) is 5.13. The fourth-order valence-corrected chi connectivity index (χ4v) is 3.43. The van der Waals surface area contributed by atoms with Gasteiger partial charge in [0.05, 0.1) is 0 Å². The van der Waals surface area contributed by atoms with Crippen molar-refractivity contribution in [3.8, 4) is 0 Å². The van der Waals surface area contributed by atoms with Gasteiger partial charge in [0.2, 0.25) is 0 Å². The number of amides is 4. The van der Waals surface area contributed by atoms with E-state index in [0.717, 1.165) is 51.4 Å². The first-order valence-electron chi connectivity index (χ1n) is 9.52. The second kappa shape index (κ2) is 9.46. The second-order valence-electron chi connectivity index (χ2n) is 7.10. The Bertz CT molecular complexity index is 615. The normalized spacial score (nSPS) is 17.5. The van der Waals surface area contributed by atoms with Crippen molar-refractivity contribution < 1.29 is 19.2 Å². The van der Waals surface area contributed by atoms with Crippen molar-refractivity contribution in [2.45, 2.75) is 78.1 Å². The van der Waals surface area contributed by atoms with E-state index in [1.165, 1.54) is 0 Å². The maximum atomic E-state index is 11.6. The predicted molar refractivity (Wildman–Crippen MR) is 97.9 cm³/mol. The molecule has 0 fully saturated rings. The maximum absolute atomic E-state index is 11.6. The molecule has 4 amide bonds. The minimum Gasteiger partial charge on any atom is -0.289 e. The van der Waals surface area contributed by atoms with Crippen molar-refractivity contribution in [2.24, 2.45) is 0 Å². The quantitative estimate of drug-likeness (QED) is 0.438. The molecule has 0 atom stereocenters. The van der Waals surface area contributed by atoms with Crippen LogP contribution < -0.4 is 10.6 Å².